The lowest BCUT2D eigenvalue weighted by atomic mass is 10.2. The van der Waals surface area contributed by atoms with Gasteiger partial charge in [-0.15, -0.1) is 0 Å². The highest BCUT2D eigenvalue weighted by atomic mass is 79.9. The van der Waals surface area contributed by atoms with Crippen molar-refractivity contribution in [3.63, 3.8) is 0 Å². The normalized spacial score (nSPS) is 11.1. The van der Waals surface area contributed by atoms with E-state index < -0.39 is 46.5 Å². The van der Waals surface area contributed by atoms with Crippen LogP contribution in [0, 0.1) is 29.1 Å². The minimum atomic E-state index is -4.58. The molecule has 2 aromatic carbocycles. The van der Waals surface area contributed by atoms with Gasteiger partial charge in [-0.2, -0.15) is 8.78 Å². The molecule has 122 valence electrons. The van der Waals surface area contributed by atoms with Gasteiger partial charge in [-0.25, -0.2) is 22.0 Å². The number of benzene rings is 2. The van der Waals surface area contributed by atoms with E-state index in [2.05, 4.69) is 20.7 Å². The number of ether oxygens (including phenoxy) is 1. The first-order valence-electron chi connectivity index (χ1n) is 5.48. The van der Waals surface area contributed by atoms with Gasteiger partial charge in [0, 0.05) is 16.6 Å². The fraction of sp³-hybridized carbons (Fsp3) is 0.0769. The Bertz CT molecular complexity index is 692. The summed E-state index contributed by atoms with van der Waals surface area (Å²) in [4.78, 5) is 0. The van der Waals surface area contributed by atoms with Crippen LogP contribution in [0.1, 0.15) is 5.56 Å². The Balaban J connectivity index is 0.00000264. The second-order valence-corrected chi connectivity index (χ2v) is 4.98. The summed E-state index contributed by atoms with van der Waals surface area (Å²) < 4.78 is 97.0. The van der Waals surface area contributed by atoms with Crippen molar-refractivity contribution in [1.29, 1.82) is 0 Å². The van der Waals surface area contributed by atoms with Crippen molar-refractivity contribution in [2.45, 2.75) is 6.11 Å². The lowest BCUT2D eigenvalue weighted by Crippen LogP contribution is -2.25. The third kappa shape index (κ3) is 4.30. The molecule has 0 N–H and O–H groups in total. The summed E-state index contributed by atoms with van der Waals surface area (Å²) in [6.45, 7) is 0. The van der Waals surface area contributed by atoms with Gasteiger partial charge >= 0.3 is 29.2 Å². The second kappa shape index (κ2) is 7.26. The largest absolute Gasteiger partial charge is 0.432 e. The van der Waals surface area contributed by atoms with E-state index in [1.807, 2.05) is 0 Å². The van der Waals surface area contributed by atoms with Crippen molar-refractivity contribution in [2.75, 3.05) is 0 Å². The fourth-order valence-electron chi connectivity index (χ4n) is 1.61. The predicted molar refractivity (Wildman–Crippen MR) is 73.4 cm³/mol. The lowest BCUT2D eigenvalue weighted by Gasteiger charge is -2.19. The third-order valence-corrected chi connectivity index (χ3v) is 2.96. The van der Waals surface area contributed by atoms with Crippen LogP contribution in [0.25, 0.3) is 0 Å². The molecule has 1 nitrogen and oxygen atoms in total. The molecule has 0 bridgehead atoms. The van der Waals surface area contributed by atoms with Crippen LogP contribution in [0.2, 0.25) is 0 Å². The van der Waals surface area contributed by atoms with Gasteiger partial charge in [0.05, 0.1) is 0 Å². The van der Waals surface area contributed by atoms with E-state index in [1.54, 1.807) is 0 Å². The predicted octanol–water partition coefficient (Wildman–Crippen LogP) is 4.36. The summed E-state index contributed by atoms with van der Waals surface area (Å²) in [6.07, 6.45) is -4.58. The van der Waals surface area contributed by atoms with E-state index >= 15 is 0 Å². The molecule has 0 fully saturated rings. The molecule has 0 aliphatic heterocycles. The van der Waals surface area contributed by atoms with Crippen molar-refractivity contribution in [3.8, 4) is 5.75 Å². The van der Waals surface area contributed by atoms with Crippen LogP contribution in [-0.4, -0.2) is 23.1 Å². The average molecular weight is 415 g/mol. The second-order valence-electron chi connectivity index (χ2n) is 4.06. The Hall–Kier alpha value is -1.00. The van der Waals surface area contributed by atoms with Gasteiger partial charge in [0.1, 0.15) is 22.9 Å². The molecular formula is C13H6BrF7MgO. The molecule has 0 aromatic heterocycles. The van der Waals surface area contributed by atoms with E-state index in [-0.39, 0.29) is 39.7 Å². The van der Waals surface area contributed by atoms with Gasteiger partial charge in [0.15, 0.2) is 17.5 Å². The Labute approximate surface area is 149 Å². The summed E-state index contributed by atoms with van der Waals surface area (Å²) in [5.74, 6) is -9.88. The molecule has 0 heterocycles. The zero-order chi connectivity index (χ0) is 16.7. The molecule has 0 saturated heterocycles. The van der Waals surface area contributed by atoms with Gasteiger partial charge < -0.3 is 4.74 Å². The summed E-state index contributed by atoms with van der Waals surface area (Å²) in [5, 5.41) is 0. The SMILES string of the molecule is Fc1cc(OC(F)(F)c2c(F)cc(Br)cc2F)cc(F)c1F.[MgH2]. The molecule has 0 amide bonds. The highest BCUT2D eigenvalue weighted by Gasteiger charge is 2.41. The Morgan fingerprint density at radius 2 is 1.22 bits per heavy atom. The molecule has 0 unspecified atom stereocenters. The molecular weight excluding hydrogens is 409 g/mol. The lowest BCUT2D eigenvalue weighted by molar-refractivity contribution is -0.189. The molecule has 0 saturated carbocycles. The van der Waals surface area contributed by atoms with Gasteiger partial charge in [0.25, 0.3) is 0 Å². The van der Waals surface area contributed by atoms with Crippen molar-refractivity contribution in [1.82, 2.24) is 0 Å². The van der Waals surface area contributed by atoms with Crippen LogP contribution in [0.15, 0.2) is 28.7 Å². The zero-order valence-corrected chi connectivity index (χ0v) is 11.8. The molecule has 2 aromatic rings. The quantitative estimate of drug-likeness (QED) is 0.411. The van der Waals surface area contributed by atoms with Crippen molar-refractivity contribution in [2.24, 2.45) is 0 Å². The Morgan fingerprint density at radius 3 is 1.65 bits per heavy atom. The molecule has 10 heteroatoms. The van der Waals surface area contributed by atoms with Gasteiger partial charge in [-0.3, -0.25) is 0 Å². The summed E-state index contributed by atoms with van der Waals surface area (Å²) in [6, 6.07) is 1.37. The monoisotopic (exact) mass is 414 g/mol. The van der Waals surface area contributed by atoms with Crippen LogP contribution in [0.5, 0.6) is 5.75 Å². The molecule has 0 aliphatic carbocycles. The standard InChI is InChI=1S/C13H4BrF7O.Mg.2H/c14-5-1-7(15)11(8(16)2-5)13(20,21)22-6-3-9(17)12(19)10(18)4-6;;;/h1-4H;;;. The molecule has 0 spiro atoms. The Morgan fingerprint density at radius 1 is 0.783 bits per heavy atom. The summed E-state index contributed by atoms with van der Waals surface area (Å²) in [5.41, 5.74) is -1.75. The first kappa shape index (κ1) is 20.0. The van der Waals surface area contributed by atoms with Crippen LogP contribution < -0.4 is 4.74 Å². The number of halogens is 8. The van der Waals surface area contributed by atoms with E-state index in [9.17, 15) is 30.7 Å². The Kier molecular flexibility index (Phi) is 6.33. The van der Waals surface area contributed by atoms with Gasteiger partial charge in [-0.1, -0.05) is 15.9 Å². The summed E-state index contributed by atoms with van der Waals surface area (Å²) in [7, 11) is 0. The smallest absolute Gasteiger partial charge is 0.429 e. The van der Waals surface area contributed by atoms with Crippen LogP contribution in [0.4, 0.5) is 30.7 Å². The topological polar surface area (TPSA) is 9.23 Å². The fourth-order valence-corrected chi connectivity index (χ4v) is 2.01. The number of hydrogen-bond acceptors (Lipinski definition) is 1. The maximum absolute atomic E-state index is 13.8. The van der Waals surface area contributed by atoms with Crippen molar-refractivity contribution >= 4 is 39.0 Å². The maximum Gasteiger partial charge on any atom is 0.432 e. The van der Waals surface area contributed by atoms with Crippen LogP contribution in [0.3, 0.4) is 0 Å². The van der Waals surface area contributed by atoms with E-state index in [4.69, 9.17) is 0 Å². The minimum absolute atomic E-state index is 0. The molecule has 0 atom stereocenters. The molecule has 23 heavy (non-hydrogen) atoms. The number of hydrogen-bond donors (Lipinski definition) is 0. The van der Waals surface area contributed by atoms with E-state index in [1.165, 1.54) is 0 Å². The molecule has 2 rings (SSSR count). The van der Waals surface area contributed by atoms with Crippen LogP contribution in [-0.2, 0) is 6.11 Å². The third-order valence-electron chi connectivity index (χ3n) is 2.50. The average Bonchev–Trinajstić information content (AvgIpc) is 2.33. The molecule has 0 radical (unpaired) electrons. The first-order chi connectivity index (χ1) is 10.1. The van der Waals surface area contributed by atoms with Crippen molar-refractivity contribution < 1.29 is 35.5 Å². The van der Waals surface area contributed by atoms with Gasteiger partial charge in [0.2, 0.25) is 0 Å². The zero-order valence-electron chi connectivity index (χ0n) is 10.2. The highest BCUT2D eigenvalue weighted by Crippen LogP contribution is 2.36. The number of alkyl halides is 2. The van der Waals surface area contributed by atoms with E-state index in [0.29, 0.717) is 12.1 Å². The van der Waals surface area contributed by atoms with Crippen molar-refractivity contribution in [3.05, 3.63) is 63.4 Å². The maximum atomic E-state index is 13.8. The minimum Gasteiger partial charge on any atom is -0.429 e. The van der Waals surface area contributed by atoms with Gasteiger partial charge in [-0.05, 0) is 12.1 Å². The van der Waals surface area contributed by atoms with Crippen LogP contribution >= 0.6 is 15.9 Å². The summed E-state index contributed by atoms with van der Waals surface area (Å²) >= 11 is 2.70. The number of rotatable bonds is 3. The van der Waals surface area contributed by atoms with E-state index in [0.717, 1.165) is 0 Å². The highest BCUT2D eigenvalue weighted by molar-refractivity contribution is 9.10. The first-order valence-corrected chi connectivity index (χ1v) is 6.27. The molecule has 0 aliphatic rings.